The molecule has 1 aromatic carbocycles. The molecule has 3 rings (SSSR count). The van der Waals surface area contributed by atoms with Gasteiger partial charge in [-0.05, 0) is 38.5 Å². The molecule has 0 saturated heterocycles. The molecule has 0 saturated carbocycles. The van der Waals surface area contributed by atoms with Gasteiger partial charge in [0.05, 0.1) is 17.5 Å². The van der Waals surface area contributed by atoms with Gasteiger partial charge in [-0.15, -0.1) is 5.10 Å². The number of carbonyl (C=O) groups is 1. The molecule has 3 aromatic rings. The smallest absolute Gasteiger partial charge is 0.273 e. The van der Waals surface area contributed by atoms with E-state index in [9.17, 15) is 4.79 Å². The van der Waals surface area contributed by atoms with Crippen molar-refractivity contribution < 1.29 is 9.53 Å². The topological polar surface area (TPSA) is 94.8 Å². The van der Waals surface area contributed by atoms with Crippen molar-refractivity contribution in [1.82, 2.24) is 30.3 Å². The van der Waals surface area contributed by atoms with Crippen molar-refractivity contribution in [2.24, 2.45) is 0 Å². The quantitative estimate of drug-likeness (QED) is 0.311. The molecule has 9 heteroatoms. The highest BCUT2D eigenvalue weighted by Crippen LogP contribution is 2.22. The van der Waals surface area contributed by atoms with E-state index >= 15 is 0 Å². The number of thioether (sulfide) groups is 1. The van der Waals surface area contributed by atoms with E-state index in [2.05, 4.69) is 25.6 Å². The zero-order valence-corrected chi connectivity index (χ0v) is 17.3. The molecule has 0 radical (unpaired) electrons. The number of para-hydroxylation sites is 1. The van der Waals surface area contributed by atoms with E-state index in [-0.39, 0.29) is 12.0 Å². The fourth-order valence-corrected chi connectivity index (χ4v) is 3.35. The van der Waals surface area contributed by atoms with Crippen molar-refractivity contribution in [3.63, 3.8) is 0 Å². The predicted octanol–water partition coefficient (Wildman–Crippen LogP) is 2.89. The number of benzene rings is 1. The second kappa shape index (κ2) is 10.7. The Labute approximate surface area is 174 Å². The van der Waals surface area contributed by atoms with Crippen LogP contribution in [0.15, 0.2) is 53.9 Å². The van der Waals surface area contributed by atoms with Gasteiger partial charge in [0, 0.05) is 31.3 Å². The van der Waals surface area contributed by atoms with E-state index in [1.165, 1.54) is 11.8 Å². The van der Waals surface area contributed by atoms with Crippen LogP contribution in [0.4, 0.5) is 0 Å². The van der Waals surface area contributed by atoms with Crippen LogP contribution in [-0.2, 0) is 10.5 Å². The maximum absolute atomic E-state index is 12.7. The summed E-state index contributed by atoms with van der Waals surface area (Å²) in [7, 11) is 0. The van der Waals surface area contributed by atoms with Crippen LogP contribution in [0.1, 0.15) is 36.5 Å². The van der Waals surface area contributed by atoms with E-state index in [0.29, 0.717) is 35.4 Å². The van der Waals surface area contributed by atoms with Crippen LogP contribution in [-0.4, -0.2) is 50.1 Å². The number of aromatic nitrogens is 5. The minimum Gasteiger partial charge on any atom is -0.379 e. The molecular weight excluding hydrogens is 388 g/mol. The molecule has 8 nitrogen and oxygen atoms in total. The summed E-state index contributed by atoms with van der Waals surface area (Å²) in [4.78, 5) is 21.2. The first-order chi connectivity index (χ1) is 14.1. The van der Waals surface area contributed by atoms with E-state index in [1.807, 2.05) is 44.2 Å². The number of rotatable bonds is 10. The van der Waals surface area contributed by atoms with Crippen LogP contribution in [0.3, 0.4) is 0 Å². The first-order valence-electron chi connectivity index (χ1n) is 9.44. The average molecular weight is 413 g/mol. The normalized spacial score (nSPS) is 11.0. The monoisotopic (exact) mass is 412 g/mol. The summed E-state index contributed by atoms with van der Waals surface area (Å²) in [6.07, 6.45) is 4.29. The van der Waals surface area contributed by atoms with E-state index < -0.39 is 0 Å². The lowest BCUT2D eigenvalue weighted by molar-refractivity contribution is 0.0756. The molecule has 0 aliphatic rings. The molecule has 1 N–H and O–H groups in total. The molecule has 2 heterocycles. The number of ether oxygens (including phenoxy) is 1. The van der Waals surface area contributed by atoms with Crippen molar-refractivity contribution in [3.8, 4) is 5.69 Å². The van der Waals surface area contributed by atoms with E-state index in [0.717, 1.165) is 12.1 Å². The highest BCUT2D eigenvalue weighted by Gasteiger charge is 2.21. The van der Waals surface area contributed by atoms with Crippen molar-refractivity contribution >= 4 is 17.7 Å². The summed E-state index contributed by atoms with van der Waals surface area (Å²) >= 11 is 1.43. The van der Waals surface area contributed by atoms with Crippen LogP contribution in [0, 0.1) is 0 Å². The van der Waals surface area contributed by atoms with Gasteiger partial charge in [-0.2, -0.15) is 0 Å². The summed E-state index contributed by atoms with van der Waals surface area (Å²) in [6, 6.07) is 11.4. The van der Waals surface area contributed by atoms with E-state index in [1.54, 1.807) is 23.1 Å². The van der Waals surface area contributed by atoms with Gasteiger partial charge in [0.15, 0.2) is 10.9 Å². The maximum Gasteiger partial charge on any atom is 0.273 e. The standard InChI is InChI=1S/C20H24N6O2S/c1-15(2)28-13-7-12-21-19(27)18-17(14-29-20-22-10-6-11-23-20)26(25-24-18)16-8-4-3-5-9-16/h3-6,8-11,15H,7,12-14H2,1-2H3,(H,21,27). The van der Waals surface area contributed by atoms with Gasteiger partial charge in [-0.1, -0.05) is 35.2 Å². The molecule has 0 bridgehead atoms. The third-order valence-electron chi connectivity index (χ3n) is 3.92. The highest BCUT2D eigenvalue weighted by molar-refractivity contribution is 7.98. The molecule has 1 amide bonds. The SMILES string of the molecule is CC(C)OCCCNC(=O)c1nnn(-c2ccccc2)c1CSc1ncccn1. The molecule has 29 heavy (non-hydrogen) atoms. The number of nitrogens with one attached hydrogen (secondary N) is 1. The Morgan fingerprint density at radius 3 is 2.66 bits per heavy atom. The zero-order chi connectivity index (χ0) is 20.5. The Morgan fingerprint density at radius 1 is 1.17 bits per heavy atom. The van der Waals surface area contributed by atoms with Crippen LogP contribution in [0.5, 0.6) is 0 Å². The first kappa shape index (κ1) is 20.9. The number of carbonyl (C=O) groups excluding carboxylic acids is 1. The Bertz CT molecular complexity index is 902. The number of hydrogen-bond acceptors (Lipinski definition) is 7. The third kappa shape index (κ3) is 6.10. The van der Waals surface area contributed by atoms with Gasteiger partial charge in [0.2, 0.25) is 0 Å². The number of hydrogen-bond donors (Lipinski definition) is 1. The van der Waals surface area contributed by atoms with Gasteiger partial charge in [0.1, 0.15) is 0 Å². The lowest BCUT2D eigenvalue weighted by Gasteiger charge is -2.09. The van der Waals surface area contributed by atoms with Crippen LogP contribution in [0.25, 0.3) is 5.69 Å². The zero-order valence-electron chi connectivity index (χ0n) is 16.5. The summed E-state index contributed by atoms with van der Waals surface area (Å²) in [5.41, 5.74) is 1.85. The summed E-state index contributed by atoms with van der Waals surface area (Å²) in [5, 5.41) is 11.9. The Kier molecular flexibility index (Phi) is 7.71. The summed E-state index contributed by atoms with van der Waals surface area (Å²) in [5.74, 6) is 0.215. The van der Waals surface area contributed by atoms with Crippen LogP contribution >= 0.6 is 11.8 Å². The van der Waals surface area contributed by atoms with Gasteiger partial charge < -0.3 is 10.1 Å². The van der Waals surface area contributed by atoms with Crippen molar-refractivity contribution in [2.75, 3.05) is 13.2 Å². The Morgan fingerprint density at radius 2 is 1.93 bits per heavy atom. The minimum atomic E-state index is -0.249. The van der Waals surface area contributed by atoms with Gasteiger partial charge in [-0.25, -0.2) is 14.6 Å². The molecule has 152 valence electrons. The second-order valence-corrected chi connectivity index (χ2v) is 7.42. The molecular formula is C20H24N6O2S. The average Bonchev–Trinajstić information content (AvgIpc) is 3.17. The fourth-order valence-electron chi connectivity index (χ4n) is 2.55. The predicted molar refractivity (Wildman–Crippen MR) is 111 cm³/mol. The summed E-state index contributed by atoms with van der Waals surface area (Å²) in [6.45, 7) is 5.09. The maximum atomic E-state index is 12.7. The van der Waals surface area contributed by atoms with Crippen molar-refractivity contribution in [2.45, 2.75) is 37.3 Å². The fraction of sp³-hybridized carbons (Fsp3) is 0.350. The lowest BCUT2D eigenvalue weighted by Crippen LogP contribution is -2.27. The van der Waals surface area contributed by atoms with Crippen LogP contribution < -0.4 is 5.32 Å². The van der Waals surface area contributed by atoms with Gasteiger partial charge >= 0.3 is 0 Å². The molecule has 0 aliphatic heterocycles. The molecule has 0 unspecified atom stereocenters. The molecule has 0 spiro atoms. The van der Waals surface area contributed by atoms with Gasteiger partial charge in [-0.3, -0.25) is 4.79 Å². The van der Waals surface area contributed by atoms with Crippen LogP contribution in [0.2, 0.25) is 0 Å². The highest BCUT2D eigenvalue weighted by atomic mass is 32.2. The van der Waals surface area contributed by atoms with Gasteiger partial charge in [0.25, 0.3) is 5.91 Å². The molecule has 2 aromatic heterocycles. The Balaban J connectivity index is 1.73. The van der Waals surface area contributed by atoms with Crippen molar-refractivity contribution in [1.29, 1.82) is 0 Å². The molecule has 0 fully saturated rings. The number of amides is 1. The van der Waals surface area contributed by atoms with E-state index in [4.69, 9.17) is 4.74 Å². The Hall–Kier alpha value is -2.78. The summed E-state index contributed by atoms with van der Waals surface area (Å²) < 4.78 is 7.19. The molecule has 0 aliphatic carbocycles. The van der Waals surface area contributed by atoms with Crippen molar-refractivity contribution in [3.05, 3.63) is 60.2 Å². The lowest BCUT2D eigenvalue weighted by atomic mass is 10.3. The molecule has 0 atom stereocenters. The number of nitrogens with zero attached hydrogens (tertiary/aromatic N) is 5. The first-order valence-corrected chi connectivity index (χ1v) is 10.4. The largest absolute Gasteiger partial charge is 0.379 e. The third-order valence-corrected chi connectivity index (χ3v) is 4.80. The minimum absolute atomic E-state index is 0.181. The second-order valence-electron chi connectivity index (χ2n) is 6.48.